The van der Waals surface area contributed by atoms with E-state index < -0.39 is 26.0 Å². The monoisotopic (exact) mass is 499 g/mol. The first kappa shape index (κ1) is 23.3. The predicted octanol–water partition coefficient (Wildman–Crippen LogP) is 1.81. The number of carbonyl (C=O) groups is 1. The van der Waals surface area contributed by atoms with Crippen LogP contribution in [0.5, 0.6) is 0 Å². The first-order valence-electron chi connectivity index (χ1n) is 10.3. The highest BCUT2D eigenvalue weighted by Gasteiger charge is 2.34. The second kappa shape index (κ2) is 9.57. The average molecular weight is 500 g/mol. The fourth-order valence-electron chi connectivity index (χ4n) is 3.80. The summed E-state index contributed by atoms with van der Waals surface area (Å²) in [7, 11) is -7.20. The fraction of sp³-hybridized carbons (Fsp3) is 0.450. The smallest absolute Gasteiger partial charge is 0.252 e. The number of nitrogens with one attached hydrogen (secondary N) is 1. The summed E-state index contributed by atoms with van der Waals surface area (Å²) in [6, 6.07) is 9.29. The van der Waals surface area contributed by atoms with Crippen LogP contribution in [0.2, 0.25) is 0 Å². The maximum atomic E-state index is 12.8. The van der Waals surface area contributed by atoms with Crippen LogP contribution in [0.15, 0.2) is 50.9 Å². The molecule has 1 atom stereocenters. The van der Waals surface area contributed by atoms with Crippen molar-refractivity contribution in [3.05, 3.63) is 41.8 Å². The first-order valence-corrected chi connectivity index (χ1v) is 14.1. The molecular formula is C20H25N3O6S3. The molecule has 0 bridgehead atoms. The van der Waals surface area contributed by atoms with Gasteiger partial charge in [-0.2, -0.15) is 8.61 Å². The van der Waals surface area contributed by atoms with Gasteiger partial charge in [-0.3, -0.25) is 4.79 Å². The lowest BCUT2D eigenvalue weighted by molar-refractivity contribution is -0.120. The van der Waals surface area contributed by atoms with Crippen LogP contribution in [-0.4, -0.2) is 70.7 Å². The van der Waals surface area contributed by atoms with E-state index in [0.29, 0.717) is 51.4 Å². The molecule has 2 aliphatic rings. The van der Waals surface area contributed by atoms with Gasteiger partial charge in [-0.1, -0.05) is 6.07 Å². The molecule has 2 aromatic rings. The second-order valence-corrected chi connectivity index (χ2v) is 12.7. The van der Waals surface area contributed by atoms with Crippen LogP contribution in [0.25, 0.3) is 0 Å². The lowest BCUT2D eigenvalue weighted by atomic mass is 9.99. The van der Waals surface area contributed by atoms with Crippen molar-refractivity contribution in [2.24, 2.45) is 5.92 Å². The van der Waals surface area contributed by atoms with Crippen molar-refractivity contribution in [2.45, 2.75) is 21.9 Å². The molecule has 2 aliphatic heterocycles. The van der Waals surface area contributed by atoms with Crippen molar-refractivity contribution in [3.8, 4) is 0 Å². The van der Waals surface area contributed by atoms with Gasteiger partial charge in [-0.15, -0.1) is 11.3 Å². The van der Waals surface area contributed by atoms with Crippen molar-refractivity contribution < 1.29 is 26.4 Å². The number of amides is 1. The van der Waals surface area contributed by atoms with Crippen LogP contribution < -0.4 is 5.32 Å². The van der Waals surface area contributed by atoms with Gasteiger partial charge in [0.25, 0.3) is 10.0 Å². The van der Waals surface area contributed by atoms with Crippen molar-refractivity contribution in [3.63, 3.8) is 0 Å². The standard InChI is InChI=1S/C20H25N3O6S3/c24-20(16-3-1-9-23(15-16)32(27,28)19-4-2-14-30-19)21-17-5-7-18(8-6-17)31(25,26)22-10-12-29-13-11-22/h2,4-8,14,16H,1,3,9-13,15H2,(H,21,24)/t16-/m1/s1. The van der Waals surface area contributed by atoms with E-state index in [1.54, 1.807) is 29.6 Å². The Morgan fingerprint density at radius 1 is 0.969 bits per heavy atom. The van der Waals surface area contributed by atoms with Crippen molar-refractivity contribution in [2.75, 3.05) is 44.7 Å². The largest absolute Gasteiger partial charge is 0.379 e. The quantitative estimate of drug-likeness (QED) is 0.649. The topological polar surface area (TPSA) is 113 Å². The number of hydrogen-bond donors (Lipinski definition) is 1. The molecule has 2 saturated heterocycles. The van der Waals surface area contributed by atoms with Gasteiger partial charge in [-0.05, 0) is 48.6 Å². The molecule has 3 heterocycles. The van der Waals surface area contributed by atoms with Crippen LogP contribution in [-0.2, 0) is 29.6 Å². The summed E-state index contributed by atoms with van der Waals surface area (Å²) in [6.45, 7) is 1.87. The lowest BCUT2D eigenvalue weighted by Gasteiger charge is -2.30. The summed E-state index contributed by atoms with van der Waals surface area (Å²) in [5.41, 5.74) is 0.467. The van der Waals surface area contributed by atoms with E-state index in [-0.39, 0.29) is 21.6 Å². The molecule has 0 saturated carbocycles. The Labute approximate surface area is 192 Å². The minimum atomic E-state index is -3.60. The molecule has 4 rings (SSSR count). The van der Waals surface area contributed by atoms with Gasteiger partial charge in [0.2, 0.25) is 15.9 Å². The number of morpholine rings is 1. The molecule has 1 N–H and O–H groups in total. The van der Waals surface area contributed by atoms with E-state index >= 15 is 0 Å². The molecule has 32 heavy (non-hydrogen) atoms. The highest BCUT2D eigenvalue weighted by Crippen LogP contribution is 2.27. The number of benzene rings is 1. The van der Waals surface area contributed by atoms with Crippen molar-refractivity contribution in [1.29, 1.82) is 0 Å². The molecule has 0 aliphatic carbocycles. The minimum Gasteiger partial charge on any atom is -0.379 e. The summed E-state index contributed by atoms with van der Waals surface area (Å²) >= 11 is 1.16. The summed E-state index contributed by atoms with van der Waals surface area (Å²) in [5.74, 6) is -0.755. The van der Waals surface area contributed by atoms with Crippen LogP contribution in [0.1, 0.15) is 12.8 Å². The van der Waals surface area contributed by atoms with Gasteiger partial charge in [0.1, 0.15) is 4.21 Å². The number of ether oxygens (including phenoxy) is 1. The van der Waals surface area contributed by atoms with E-state index in [9.17, 15) is 21.6 Å². The third-order valence-corrected chi connectivity index (χ3v) is 10.7. The Hall–Kier alpha value is -1.83. The SMILES string of the molecule is O=C(Nc1ccc(S(=O)(=O)N2CCOCC2)cc1)[C@@H]1CCCN(S(=O)(=O)c2cccs2)C1. The molecule has 0 spiro atoms. The summed E-state index contributed by atoms with van der Waals surface area (Å²) in [4.78, 5) is 12.9. The van der Waals surface area contributed by atoms with Gasteiger partial charge in [0.15, 0.2) is 0 Å². The number of sulfonamides is 2. The Bertz CT molecular complexity index is 1140. The van der Waals surface area contributed by atoms with Gasteiger partial charge in [0, 0.05) is 31.9 Å². The average Bonchev–Trinajstić information content (AvgIpc) is 3.36. The molecule has 9 nitrogen and oxygen atoms in total. The van der Waals surface area contributed by atoms with Crippen molar-refractivity contribution >= 4 is 43.0 Å². The zero-order valence-corrected chi connectivity index (χ0v) is 19.8. The van der Waals surface area contributed by atoms with E-state index in [1.807, 2.05) is 0 Å². The highest BCUT2D eigenvalue weighted by atomic mass is 32.2. The van der Waals surface area contributed by atoms with Crippen LogP contribution in [0.3, 0.4) is 0 Å². The Kier molecular flexibility index (Phi) is 6.98. The zero-order chi connectivity index (χ0) is 22.8. The number of nitrogens with zero attached hydrogens (tertiary/aromatic N) is 2. The molecule has 1 aromatic heterocycles. The number of carbonyl (C=O) groups excluding carboxylic acids is 1. The maximum Gasteiger partial charge on any atom is 0.252 e. The van der Waals surface area contributed by atoms with Crippen LogP contribution in [0, 0.1) is 5.92 Å². The Morgan fingerprint density at radius 3 is 2.34 bits per heavy atom. The predicted molar refractivity (Wildman–Crippen MR) is 120 cm³/mol. The molecular weight excluding hydrogens is 474 g/mol. The lowest BCUT2D eigenvalue weighted by Crippen LogP contribution is -2.43. The zero-order valence-electron chi connectivity index (χ0n) is 17.3. The van der Waals surface area contributed by atoms with E-state index in [1.165, 1.54) is 20.7 Å². The van der Waals surface area contributed by atoms with Gasteiger partial charge in [-0.25, -0.2) is 16.8 Å². The fourth-order valence-corrected chi connectivity index (χ4v) is 7.88. The molecule has 174 valence electrons. The van der Waals surface area contributed by atoms with E-state index in [4.69, 9.17) is 4.74 Å². The molecule has 12 heteroatoms. The Morgan fingerprint density at radius 2 is 1.69 bits per heavy atom. The van der Waals surface area contributed by atoms with Gasteiger partial charge >= 0.3 is 0 Å². The van der Waals surface area contributed by atoms with Crippen molar-refractivity contribution in [1.82, 2.24) is 8.61 Å². The number of rotatable bonds is 6. The normalized spacial score (nSPS) is 21.3. The van der Waals surface area contributed by atoms with E-state index in [0.717, 1.165) is 11.3 Å². The van der Waals surface area contributed by atoms with Crippen LogP contribution in [0.4, 0.5) is 5.69 Å². The third-order valence-electron chi connectivity index (χ3n) is 5.57. The Balaban J connectivity index is 1.40. The maximum absolute atomic E-state index is 12.8. The summed E-state index contributed by atoms with van der Waals surface area (Å²) in [6.07, 6.45) is 1.19. The number of thiophene rings is 1. The van der Waals surface area contributed by atoms with Gasteiger partial charge < -0.3 is 10.1 Å². The minimum absolute atomic E-state index is 0.121. The number of piperidine rings is 1. The highest BCUT2D eigenvalue weighted by molar-refractivity contribution is 7.91. The molecule has 1 amide bonds. The van der Waals surface area contributed by atoms with Crippen LogP contribution >= 0.6 is 11.3 Å². The molecule has 1 aromatic carbocycles. The van der Waals surface area contributed by atoms with Gasteiger partial charge in [0.05, 0.1) is 24.0 Å². The molecule has 2 fully saturated rings. The second-order valence-electron chi connectivity index (χ2n) is 7.66. The molecule has 0 radical (unpaired) electrons. The van der Waals surface area contributed by atoms with E-state index in [2.05, 4.69) is 5.32 Å². The first-order chi connectivity index (χ1) is 15.3. The molecule has 0 unspecified atom stereocenters. The number of hydrogen-bond acceptors (Lipinski definition) is 7. The summed E-state index contributed by atoms with van der Waals surface area (Å²) < 4.78 is 59.2. The number of anilines is 1. The summed E-state index contributed by atoms with van der Waals surface area (Å²) in [5, 5.41) is 4.50. The third kappa shape index (κ3) is 4.90.